The number of rotatable bonds is 2. The van der Waals surface area contributed by atoms with E-state index in [1.165, 1.54) is 0 Å². The van der Waals surface area contributed by atoms with E-state index in [1.807, 2.05) is 23.2 Å². The SMILES string of the molecule is C=C[Se]c1ccccn1. The summed E-state index contributed by atoms with van der Waals surface area (Å²) in [6, 6.07) is 5.93. The van der Waals surface area contributed by atoms with E-state index in [1.54, 1.807) is 6.20 Å². The van der Waals surface area contributed by atoms with Crippen LogP contribution >= 0.6 is 0 Å². The van der Waals surface area contributed by atoms with Gasteiger partial charge in [0.25, 0.3) is 0 Å². The molecule has 0 spiro atoms. The average Bonchev–Trinajstić information content (AvgIpc) is 1.91. The van der Waals surface area contributed by atoms with Gasteiger partial charge in [-0.05, 0) is 0 Å². The van der Waals surface area contributed by atoms with Crippen molar-refractivity contribution >= 4 is 19.5 Å². The molecule has 46 valence electrons. The Morgan fingerprint density at radius 2 is 2.44 bits per heavy atom. The Hall–Kier alpha value is -0.591. The summed E-state index contributed by atoms with van der Waals surface area (Å²) in [5.74, 6) is 0. The molecule has 1 nitrogen and oxygen atoms in total. The summed E-state index contributed by atoms with van der Waals surface area (Å²) in [6.45, 7) is 3.64. The Morgan fingerprint density at radius 3 is 3.00 bits per heavy atom. The Morgan fingerprint density at radius 1 is 1.56 bits per heavy atom. The summed E-state index contributed by atoms with van der Waals surface area (Å²) < 4.78 is 1.14. The first-order valence-electron chi connectivity index (χ1n) is 2.62. The van der Waals surface area contributed by atoms with E-state index < -0.39 is 0 Å². The molecule has 0 saturated carbocycles. The van der Waals surface area contributed by atoms with Crippen LogP contribution in [-0.4, -0.2) is 19.9 Å². The van der Waals surface area contributed by atoms with Crippen molar-refractivity contribution in [1.82, 2.24) is 4.98 Å². The second-order valence-corrected chi connectivity index (χ2v) is 3.52. The van der Waals surface area contributed by atoms with Crippen LogP contribution in [-0.2, 0) is 0 Å². The zero-order valence-corrected chi connectivity index (χ0v) is 6.66. The molecular formula is C7H7NSe. The Bertz CT molecular complexity index is 183. The van der Waals surface area contributed by atoms with Crippen molar-refractivity contribution < 1.29 is 0 Å². The van der Waals surface area contributed by atoms with Crippen LogP contribution in [0.2, 0.25) is 0 Å². The molecule has 0 radical (unpaired) electrons. The molecule has 1 rings (SSSR count). The van der Waals surface area contributed by atoms with Crippen molar-refractivity contribution in [3.63, 3.8) is 0 Å². The predicted molar refractivity (Wildman–Crippen MR) is 39.8 cm³/mol. The normalized spacial score (nSPS) is 8.89. The van der Waals surface area contributed by atoms with Crippen LogP contribution in [0.1, 0.15) is 0 Å². The van der Waals surface area contributed by atoms with Crippen LogP contribution in [0.5, 0.6) is 0 Å². The molecule has 0 atom stereocenters. The summed E-state index contributed by atoms with van der Waals surface area (Å²) in [6.07, 6.45) is 1.81. The van der Waals surface area contributed by atoms with Crippen molar-refractivity contribution in [3.05, 3.63) is 35.9 Å². The molecule has 0 aliphatic rings. The van der Waals surface area contributed by atoms with Crippen molar-refractivity contribution in [3.8, 4) is 0 Å². The summed E-state index contributed by atoms with van der Waals surface area (Å²) in [5.41, 5.74) is 0. The molecule has 9 heavy (non-hydrogen) atoms. The van der Waals surface area contributed by atoms with Gasteiger partial charge in [0.15, 0.2) is 0 Å². The van der Waals surface area contributed by atoms with E-state index in [2.05, 4.69) is 11.6 Å². The zero-order chi connectivity index (χ0) is 6.53. The first kappa shape index (κ1) is 6.53. The van der Waals surface area contributed by atoms with Crippen molar-refractivity contribution in [1.29, 1.82) is 0 Å². The van der Waals surface area contributed by atoms with Crippen LogP contribution in [0.25, 0.3) is 0 Å². The van der Waals surface area contributed by atoms with Gasteiger partial charge in [0.1, 0.15) is 0 Å². The summed E-state index contributed by atoms with van der Waals surface area (Å²) in [4.78, 5) is 6.04. The Kier molecular flexibility index (Phi) is 2.49. The molecule has 0 aliphatic carbocycles. The van der Waals surface area contributed by atoms with Gasteiger partial charge >= 0.3 is 60.5 Å². The minimum absolute atomic E-state index is 0.362. The van der Waals surface area contributed by atoms with E-state index in [0.717, 1.165) is 4.59 Å². The zero-order valence-electron chi connectivity index (χ0n) is 4.95. The fourth-order valence-corrected chi connectivity index (χ4v) is 1.45. The van der Waals surface area contributed by atoms with Crippen molar-refractivity contribution in [2.75, 3.05) is 0 Å². The number of pyridine rings is 1. The molecule has 0 bridgehead atoms. The molecule has 0 aliphatic heterocycles. The molecule has 0 saturated heterocycles. The van der Waals surface area contributed by atoms with Gasteiger partial charge in [-0.2, -0.15) is 0 Å². The minimum atomic E-state index is 0.362. The number of aromatic nitrogens is 1. The Balaban J connectivity index is 2.72. The molecule has 0 unspecified atom stereocenters. The van der Waals surface area contributed by atoms with Crippen LogP contribution in [0.15, 0.2) is 35.9 Å². The summed E-state index contributed by atoms with van der Waals surface area (Å²) in [7, 11) is 0. The van der Waals surface area contributed by atoms with Gasteiger partial charge in [0.05, 0.1) is 0 Å². The molecule has 1 aromatic heterocycles. The third kappa shape index (κ3) is 2.00. The van der Waals surface area contributed by atoms with E-state index in [-0.39, 0.29) is 0 Å². The first-order valence-corrected chi connectivity index (χ1v) is 4.46. The van der Waals surface area contributed by atoms with Gasteiger partial charge < -0.3 is 0 Å². The van der Waals surface area contributed by atoms with Gasteiger partial charge in [-0.3, -0.25) is 0 Å². The second-order valence-electron chi connectivity index (χ2n) is 1.45. The quantitative estimate of drug-likeness (QED) is 0.612. The van der Waals surface area contributed by atoms with Crippen LogP contribution in [0.3, 0.4) is 0 Å². The fraction of sp³-hybridized carbons (Fsp3) is 0. The molecule has 0 aromatic carbocycles. The maximum atomic E-state index is 4.12. The standard InChI is InChI=1S/C7H7NSe/c1-2-9-7-5-3-4-6-8-7/h2-6H,1H2. The van der Waals surface area contributed by atoms with E-state index in [0.29, 0.717) is 15.0 Å². The van der Waals surface area contributed by atoms with Gasteiger partial charge in [0.2, 0.25) is 0 Å². The maximum absolute atomic E-state index is 4.12. The van der Waals surface area contributed by atoms with Crippen molar-refractivity contribution in [2.24, 2.45) is 0 Å². The third-order valence-corrected chi connectivity index (χ3v) is 2.20. The van der Waals surface area contributed by atoms with Crippen LogP contribution in [0.4, 0.5) is 0 Å². The topological polar surface area (TPSA) is 12.9 Å². The number of hydrogen-bond donors (Lipinski definition) is 0. The molecule has 0 N–H and O–H groups in total. The average molecular weight is 184 g/mol. The number of nitrogens with zero attached hydrogens (tertiary/aromatic N) is 1. The van der Waals surface area contributed by atoms with E-state index in [9.17, 15) is 0 Å². The van der Waals surface area contributed by atoms with Gasteiger partial charge in [0, 0.05) is 0 Å². The van der Waals surface area contributed by atoms with Gasteiger partial charge in [-0.1, -0.05) is 0 Å². The molecule has 0 amide bonds. The molecule has 0 fully saturated rings. The predicted octanol–water partition coefficient (Wildman–Crippen LogP) is 0.555. The fourth-order valence-electron chi connectivity index (χ4n) is 0.502. The molecular weight excluding hydrogens is 177 g/mol. The summed E-state index contributed by atoms with van der Waals surface area (Å²) >= 11 is 0.362. The second kappa shape index (κ2) is 3.44. The molecule has 1 heterocycles. The van der Waals surface area contributed by atoms with Gasteiger partial charge in [-0.25, -0.2) is 0 Å². The number of hydrogen-bond acceptors (Lipinski definition) is 1. The Labute approximate surface area is 61.0 Å². The van der Waals surface area contributed by atoms with E-state index in [4.69, 9.17) is 0 Å². The molecule has 2 heteroatoms. The van der Waals surface area contributed by atoms with Gasteiger partial charge in [-0.15, -0.1) is 0 Å². The van der Waals surface area contributed by atoms with Crippen LogP contribution < -0.4 is 4.59 Å². The van der Waals surface area contributed by atoms with Crippen molar-refractivity contribution in [2.45, 2.75) is 0 Å². The monoisotopic (exact) mass is 185 g/mol. The summed E-state index contributed by atoms with van der Waals surface area (Å²) in [5, 5.41) is 0. The third-order valence-electron chi connectivity index (χ3n) is 0.842. The molecule has 1 aromatic rings. The first-order chi connectivity index (χ1) is 4.43. The van der Waals surface area contributed by atoms with E-state index >= 15 is 0 Å². The van der Waals surface area contributed by atoms with Crippen LogP contribution in [0, 0.1) is 0 Å².